The van der Waals surface area contributed by atoms with Gasteiger partial charge in [-0.3, -0.25) is 4.99 Å². The van der Waals surface area contributed by atoms with Crippen LogP contribution in [0.1, 0.15) is 56.0 Å². The maximum atomic E-state index is 5.57. The number of nitrogens with zero attached hydrogens (tertiary/aromatic N) is 3. The Kier molecular flexibility index (Phi) is 7.28. The van der Waals surface area contributed by atoms with E-state index in [1.54, 1.807) is 0 Å². The summed E-state index contributed by atoms with van der Waals surface area (Å²) in [6.07, 6.45) is 3.60. The summed E-state index contributed by atoms with van der Waals surface area (Å²) in [6, 6.07) is 6.48. The molecule has 0 saturated carbocycles. The predicted molar refractivity (Wildman–Crippen MR) is 110 cm³/mol. The van der Waals surface area contributed by atoms with Crippen molar-refractivity contribution in [3.8, 4) is 5.75 Å². The Bertz CT molecular complexity index is 785. The molecule has 0 fully saturated rings. The SMILES string of the molecule is CCNC(=NCCCc1nc(C(C)C)no1)NCCc1ccc2c(c1)CCO2. The molecule has 1 aliphatic rings. The van der Waals surface area contributed by atoms with Gasteiger partial charge in [-0.25, -0.2) is 0 Å². The molecular weight excluding hydrogens is 354 g/mol. The minimum Gasteiger partial charge on any atom is -0.493 e. The molecule has 0 saturated heterocycles. The molecule has 2 aromatic rings. The molecule has 28 heavy (non-hydrogen) atoms. The molecule has 3 rings (SSSR count). The van der Waals surface area contributed by atoms with Gasteiger partial charge in [0.25, 0.3) is 0 Å². The van der Waals surface area contributed by atoms with Crippen LogP contribution < -0.4 is 15.4 Å². The first-order chi connectivity index (χ1) is 13.7. The van der Waals surface area contributed by atoms with Crippen LogP contribution in [-0.2, 0) is 19.3 Å². The molecular formula is C21H31N5O2. The van der Waals surface area contributed by atoms with Crippen molar-refractivity contribution in [1.82, 2.24) is 20.8 Å². The Morgan fingerprint density at radius 1 is 1.25 bits per heavy atom. The highest BCUT2D eigenvalue weighted by molar-refractivity contribution is 5.79. The molecule has 2 N–H and O–H groups in total. The summed E-state index contributed by atoms with van der Waals surface area (Å²) in [7, 11) is 0. The molecule has 0 unspecified atom stereocenters. The van der Waals surface area contributed by atoms with Crippen molar-refractivity contribution in [3.63, 3.8) is 0 Å². The van der Waals surface area contributed by atoms with Gasteiger partial charge < -0.3 is 19.9 Å². The van der Waals surface area contributed by atoms with Crippen LogP contribution in [0.25, 0.3) is 0 Å². The van der Waals surface area contributed by atoms with E-state index in [1.165, 1.54) is 11.1 Å². The molecule has 0 amide bonds. The average molecular weight is 386 g/mol. The number of fused-ring (bicyclic) bond motifs is 1. The van der Waals surface area contributed by atoms with E-state index in [0.29, 0.717) is 18.4 Å². The third-order valence-electron chi connectivity index (χ3n) is 4.62. The van der Waals surface area contributed by atoms with Crippen LogP contribution in [0.4, 0.5) is 0 Å². The Labute approximate surface area is 167 Å². The number of ether oxygens (including phenoxy) is 1. The lowest BCUT2D eigenvalue weighted by Gasteiger charge is -2.11. The first-order valence-electron chi connectivity index (χ1n) is 10.2. The van der Waals surface area contributed by atoms with E-state index in [0.717, 1.165) is 62.9 Å². The topological polar surface area (TPSA) is 84.6 Å². The van der Waals surface area contributed by atoms with E-state index in [2.05, 4.69) is 64.7 Å². The molecule has 0 aliphatic carbocycles. The van der Waals surface area contributed by atoms with E-state index in [-0.39, 0.29) is 0 Å². The minimum atomic E-state index is 0.290. The first kappa shape index (κ1) is 20.2. The lowest BCUT2D eigenvalue weighted by atomic mass is 10.1. The largest absolute Gasteiger partial charge is 0.493 e. The number of aliphatic imine (C=N–C) groups is 1. The second-order valence-corrected chi connectivity index (χ2v) is 7.28. The first-order valence-corrected chi connectivity index (χ1v) is 10.2. The quantitative estimate of drug-likeness (QED) is 0.392. The van der Waals surface area contributed by atoms with Gasteiger partial charge in [0, 0.05) is 38.4 Å². The molecule has 1 aromatic carbocycles. The van der Waals surface area contributed by atoms with Crippen molar-refractivity contribution in [2.45, 2.75) is 52.4 Å². The van der Waals surface area contributed by atoms with E-state index >= 15 is 0 Å². The van der Waals surface area contributed by atoms with Gasteiger partial charge in [0.05, 0.1) is 6.61 Å². The van der Waals surface area contributed by atoms with Gasteiger partial charge in [-0.1, -0.05) is 31.1 Å². The zero-order valence-corrected chi connectivity index (χ0v) is 17.1. The smallest absolute Gasteiger partial charge is 0.226 e. The van der Waals surface area contributed by atoms with Gasteiger partial charge in [0.1, 0.15) is 5.75 Å². The lowest BCUT2D eigenvalue weighted by Crippen LogP contribution is -2.38. The summed E-state index contributed by atoms with van der Waals surface area (Å²) < 4.78 is 10.8. The molecule has 0 spiro atoms. The van der Waals surface area contributed by atoms with Crippen molar-refractivity contribution in [2.75, 3.05) is 26.2 Å². The molecule has 7 nitrogen and oxygen atoms in total. The standard InChI is InChI=1S/C21H31N5O2/c1-4-22-21(23-11-5-6-19-25-20(15(2)3)26-28-19)24-12-9-16-7-8-18-17(14-16)10-13-27-18/h7-8,14-15H,4-6,9-13H2,1-3H3,(H2,22,23,24). The number of benzene rings is 1. The number of nitrogens with one attached hydrogen (secondary N) is 2. The molecule has 1 aromatic heterocycles. The molecule has 7 heteroatoms. The van der Waals surface area contributed by atoms with Crippen molar-refractivity contribution in [3.05, 3.63) is 41.0 Å². The second kappa shape index (κ2) is 10.1. The number of rotatable bonds is 9. The predicted octanol–water partition coefficient (Wildman–Crippen LogP) is 2.86. The lowest BCUT2D eigenvalue weighted by molar-refractivity contribution is 0.357. The molecule has 0 atom stereocenters. The van der Waals surface area contributed by atoms with E-state index < -0.39 is 0 Å². The fraction of sp³-hybridized carbons (Fsp3) is 0.571. The van der Waals surface area contributed by atoms with Gasteiger partial charge in [-0.05, 0) is 37.0 Å². The average Bonchev–Trinajstić information content (AvgIpc) is 3.34. The van der Waals surface area contributed by atoms with Crippen molar-refractivity contribution < 1.29 is 9.26 Å². The number of aryl methyl sites for hydroxylation is 1. The highest BCUT2D eigenvalue weighted by Gasteiger charge is 2.12. The fourth-order valence-corrected chi connectivity index (χ4v) is 3.09. The van der Waals surface area contributed by atoms with E-state index in [9.17, 15) is 0 Å². The molecule has 0 bridgehead atoms. The summed E-state index contributed by atoms with van der Waals surface area (Å²) >= 11 is 0. The third-order valence-corrected chi connectivity index (χ3v) is 4.62. The maximum Gasteiger partial charge on any atom is 0.226 e. The number of aromatic nitrogens is 2. The van der Waals surface area contributed by atoms with E-state index in [1.807, 2.05) is 0 Å². The second-order valence-electron chi connectivity index (χ2n) is 7.28. The summed E-state index contributed by atoms with van der Waals surface area (Å²) in [5, 5.41) is 10.7. The summed E-state index contributed by atoms with van der Waals surface area (Å²) in [4.78, 5) is 9.05. The van der Waals surface area contributed by atoms with Crippen molar-refractivity contribution in [1.29, 1.82) is 0 Å². The third kappa shape index (κ3) is 5.71. The van der Waals surface area contributed by atoms with Gasteiger partial charge >= 0.3 is 0 Å². The van der Waals surface area contributed by atoms with Crippen LogP contribution in [-0.4, -0.2) is 42.3 Å². The van der Waals surface area contributed by atoms with Crippen LogP contribution >= 0.6 is 0 Å². The van der Waals surface area contributed by atoms with Crippen LogP contribution in [0.15, 0.2) is 27.7 Å². The zero-order chi connectivity index (χ0) is 19.8. The highest BCUT2D eigenvalue weighted by Crippen LogP contribution is 2.25. The Hall–Kier alpha value is -2.57. The molecule has 152 valence electrons. The van der Waals surface area contributed by atoms with Gasteiger partial charge in [-0.15, -0.1) is 0 Å². The monoisotopic (exact) mass is 385 g/mol. The summed E-state index contributed by atoms with van der Waals surface area (Å²) in [6.45, 7) is 9.38. The Morgan fingerprint density at radius 3 is 2.93 bits per heavy atom. The number of hydrogen-bond acceptors (Lipinski definition) is 5. The van der Waals surface area contributed by atoms with Crippen molar-refractivity contribution >= 4 is 5.96 Å². The zero-order valence-electron chi connectivity index (χ0n) is 17.1. The molecule has 0 radical (unpaired) electrons. The highest BCUT2D eigenvalue weighted by atomic mass is 16.5. The number of hydrogen-bond donors (Lipinski definition) is 2. The normalized spacial score (nSPS) is 13.5. The number of guanidine groups is 1. The fourth-order valence-electron chi connectivity index (χ4n) is 3.09. The van der Waals surface area contributed by atoms with Gasteiger partial charge in [0.15, 0.2) is 11.8 Å². The van der Waals surface area contributed by atoms with Crippen LogP contribution in [0.3, 0.4) is 0 Å². The minimum absolute atomic E-state index is 0.290. The van der Waals surface area contributed by atoms with Gasteiger partial charge in [-0.2, -0.15) is 4.98 Å². The molecule has 1 aliphatic heterocycles. The molecule has 2 heterocycles. The van der Waals surface area contributed by atoms with Gasteiger partial charge in [0.2, 0.25) is 5.89 Å². The van der Waals surface area contributed by atoms with Crippen LogP contribution in [0.2, 0.25) is 0 Å². The van der Waals surface area contributed by atoms with E-state index in [4.69, 9.17) is 9.26 Å². The van der Waals surface area contributed by atoms with Crippen LogP contribution in [0, 0.1) is 0 Å². The summed E-state index contributed by atoms with van der Waals surface area (Å²) in [5.74, 6) is 3.64. The van der Waals surface area contributed by atoms with Crippen molar-refractivity contribution in [2.24, 2.45) is 4.99 Å². The Balaban J connectivity index is 1.42. The van der Waals surface area contributed by atoms with Crippen LogP contribution in [0.5, 0.6) is 5.75 Å². The maximum absolute atomic E-state index is 5.57. The Morgan fingerprint density at radius 2 is 2.14 bits per heavy atom. The summed E-state index contributed by atoms with van der Waals surface area (Å²) in [5.41, 5.74) is 2.64.